The summed E-state index contributed by atoms with van der Waals surface area (Å²) in [7, 11) is 0. The largest absolute Gasteiger partial charge is 0.469 e. The molecule has 2 N–H and O–H groups in total. The van der Waals surface area contributed by atoms with Gasteiger partial charge in [0.15, 0.2) is 5.13 Å². The molecule has 3 rings (SSSR count). The number of hydrogen-bond acceptors (Lipinski definition) is 5. The lowest BCUT2D eigenvalue weighted by molar-refractivity contribution is -0.116. The summed E-state index contributed by atoms with van der Waals surface area (Å²) in [5, 5.41) is 7.49. The molecule has 0 saturated carbocycles. The minimum absolute atomic E-state index is 0.177. The Kier molecular flexibility index (Phi) is 5.43. The van der Waals surface area contributed by atoms with Crippen LogP contribution < -0.4 is 10.6 Å². The number of hydrogen-bond donors (Lipinski definition) is 2. The molecular formula is C18H16FN3O3S. The Morgan fingerprint density at radius 2 is 2.12 bits per heavy atom. The summed E-state index contributed by atoms with van der Waals surface area (Å²) >= 11 is 1.25. The second-order valence-corrected chi connectivity index (χ2v) is 6.39. The Labute approximate surface area is 153 Å². The molecule has 26 heavy (non-hydrogen) atoms. The van der Waals surface area contributed by atoms with E-state index in [0.717, 1.165) is 5.76 Å². The summed E-state index contributed by atoms with van der Waals surface area (Å²) in [6.07, 6.45) is 2.34. The van der Waals surface area contributed by atoms with Crippen molar-refractivity contribution in [1.82, 2.24) is 4.98 Å². The van der Waals surface area contributed by atoms with Crippen molar-refractivity contribution in [2.75, 3.05) is 10.6 Å². The van der Waals surface area contributed by atoms with Crippen molar-refractivity contribution in [2.24, 2.45) is 0 Å². The van der Waals surface area contributed by atoms with Gasteiger partial charge in [0, 0.05) is 30.7 Å². The molecular weight excluding hydrogens is 357 g/mol. The Morgan fingerprint density at radius 3 is 2.85 bits per heavy atom. The molecule has 0 radical (unpaired) electrons. The number of nitrogens with one attached hydrogen (secondary N) is 2. The maximum atomic E-state index is 13.5. The highest BCUT2D eigenvalue weighted by molar-refractivity contribution is 7.14. The van der Waals surface area contributed by atoms with E-state index < -0.39 is 5.82 Å². The number of nitrogens with zero attached hydrogens (tertiary/aromatic N) is 1. The van der Waals surface area contributed by atoms with E-state index >= 15 is 0 Å². The van der Waals surface area contributed by atoms with E-state index in [0.29, 0.717) is 28.5 Å². The molecule has 0 aliphatic rings. The van der Waals surface area contributed by atoms with Crippen molar-refractivity contribution in [3.05, 3.63) is 53.6 Å². The first-order valence-corrected chi connectivity index (χ1v) is 8.74. The van der Waals surface area contributed by atoms with Gasteiger partial charge in [0.2, 0.25) is 11.8 Å². The van der Waals surface area contributed by atoms with E-state index in [1.165, 1.54) is 36.5 Å². The molecule has 1 aromatic carbocycles. The van der Waals surface area contributed by atoms with Gasteiger partial charge in [0.05, 0.1) is 17.6 Å². The lowest BCUT2D eigenvalue weighted by Crippen LogP contribution is -2.12. The van der Waals surface area contributed by atoms with E-state index in [9.17, 15) is 14.0 Å². The number of aryl methyl sites for hydroxylation is 1. The molecule has 0 spiro atoms. The zero-order chi connectivity index (χ0) is 18.5. The van der Waals surface area contributed by atoms with E-state index in [1.807, 2.05) is 6.07 Å². The maximum absolute atomic E-state index is 13.5. The molecule has 2 aromatic heterocycles. The highest BCUT2D eigenvalue weighted by Crippen LogP contribution is 2.31. The van der Waals surface area contributed by atoms with Crippen LogP contribution in [0.2, 0.25) is 0 Å². The van der Waals surface area contributed by atoms with Gasteiger partial charge in [0.25, 0.3) is 0 Å². The fraction of sp³-hybridized carbons (Fsp3) is 0.167. The topological polar surface area (TPSA) is 84.2 Å². The SMILES string of the molecule is CC(=O)Nc1cc(F)ccc1-c1csc(NC(=O)CCc2ccco2)n1. The van der Waals surface area contributed by atoms with Gasteiger partial charge in [-0.3, -0.25) is 9.59 Å². The quantitative estimate of drug-likeness (QED) is 0.682. The van der Waals surface area contributed by atoms with Crippen molar-refractivity contribution >= 4 is 34.0 Å². The number of carbonyl (C=O) groups excluding carboxylic acids is 2. The van der Waals surface area contributed by atoms with Gasteiger partial charge >= 0.3 is 0 Å². The van der Waals surface area contributed by atoms with E-state index in [2.05, 4.69) is 15.6 Å². The number of furan rings is 1. The predicted octanol–water partition coefficient (Wildman–Crippen LogP) is 4.07. The summed E-state index contributed by atoms with van der Waals surface area (Å²) in [6, 6.07) is 7.65. The van der Waals surface area contributed by atoms with Crippen LogP contribution in [0, 0.1) is 5.82 Å². The van der Waals surface area contributed by atoms with Crippen LogP contribution in [0.25, 0.3) is 11.3 Å². The van der Waals surface area contributed by atoms with Crippen LogP contribution in [0.4, 0.5) is 15.2 Å². The summed E-state index contributed by atoms with van der Waals surface area (Å²) in [5.41, 5.74) is 1.45. The molecule has 134 valence electrons. The van der Waals surface area contributed by atoms with Crippen LogP contribution in [0.15, 0.2) is 46.4 Å². The molecule has 0 aliphatic heterocycles. The first-order valence-electron chi connectivity index (χ1n) is 7.86. The molecule has 2 heterocycles. The van der Waals surface area contributed by atoms with Crippen molar-refractivity contribution in [3.8, 4) is 11.3 Å². The number of anilines is 2. The summed E-state index contributed by atoms with van der Waals surface area (Å²) in [4.78, 5) is 27.7. The zero-order valence-corrected chi connectivity index (χ0v) is 14.7. The van der Waals surface area contributed by atoms with E-state index in [4.69, 9.17) is 4.42 Å². The molecule has 0 saturated heterocycles. The second-order valence-electron chi connectivity index (χ2n) is 5.54. The van der Waals surface area contributed by atoms with Crippen LogP contribution in [0.1, 0.15) is 19.1 Å². The second kappa shape index (κ2) is 7.92. The smallest absolute Gasteiger partial charge is 0.226 e. The van der Waals surface area contributed by atoms with Crippen LogP contribution in [-0.4, -0.2) is 16.8 Å². The van der Waals surface area contributed by atoms with Gasteiger partial charge in [-0.25, -0.2) is 9.37 Å². The van der Waals surface area contributed by atoms with Gasteiger partial charge in [-0.15, -0.1) is 11.3 Å². The number of aromatic nitrogens is 1. The highest BCUT2D eigenvalue weighted by Gasteiger charge is 2.13. The van der Waals surface area contributed by atoms with Gasteiger partial charge in [-0.2, -0.15) is 0 Å². The monoisotopic (exact) mass is 373 g/mol. The van der Waals surface area contributed by atoms with Crippen molar-refractivity contribution in [2.45, 2.75) is 19.8 Å². The molecule has 2 amide bonds. The first kappa shape index (κ1) is 17.8. The zero-order valence-electron chi connectivity index (χ0n) is 13.9. The molecule has 0 bridgehead atoms. The maximum Gasteiger partial charge on any atom is 0.226 e. The highest BCUT2D eigenvalue weighted by atomic mass is 32.1. The lowest BCUT2D eigenvalue weighted by atomic mass is 10.1. The molecule has 0 unspecified atom stereocenters. The Morgan fingerprint density at radius 1 is 1.27 bits per heavy atom. The minimum Gasteiger partial charge on any atom is -0.469 e. The number of thiazole rings is 1. The van der Waals surface area contributed by atoms with Crippen LogP contribution >= 0.6 is 11.3 Å². The first-order chi connectivity index (χ1) is 12.5. The van der Waals surface area contributed by atoms with Gasteiger partial charge in [-0.1, -0.05) is 0 Å². The molecule has 0 fully saturated rings. The number of halogens is 1. The molecule has 0 atom stereocenters. The van der Waals surface area contributed by atoms with Crippen molar-refractivity contribution in [3.63, 3.8) is 0 Å². The summed E-state index contributed by atoms with van der Waals surface area (Å²) in [6.45, 7) is 1.35. The fourth-order valence-electron chi connectivity index (χ4n) is 2.36. The minimum atomic E-state index is -0.459. The number of amides is 2. The lowest BCUT2D eigenvalue weighted by Gasteiger charge is -2.08. The third kappa shape index (κ3) is 4.54. The third-order valence-electron chi connectivity index (χ3n) is 3.50. The van der Waals surface area contributed by atoms with Gasteiger partial charge < -0.3 is 15.1 Å². The summed E-state index contributed by atoms with van der Waals surface area (Å²) < 4.78 is 18.7. The molecule has 6 nitrogen and oxygen atoms in total. The summed E-state index contributed by atoms with van der Waals surface area (Å²) in [5.74, 6) is -0.201. The average Bonchev–Trinajstić information content (AvgIpc) is 3.24. The Balaban J connectivity index is 1.69. The van der Waals surface area contributed by atoms with Crippen molar-refractivity contribution in [1.29, 1.82) is 0 Å². The van der Waals surface area contributed by atoms with E-state index in [-0.39, 0.29) is 18.2 Å². The van der Waals surface area contributed by atoms with Crippen LogP contribution in [0.5, 0.6) is 0 Å². The Hall–Kier alpha value is -3.00. The molecule has 8 heteroatoms. The average molecular weight is 373 g/mol. The molecule has 0 aliphatic carbocycles. The third-order valence-corrected chi connectivity index (χ3v) is 4.26. The normalized spacial score (nSPS) is 10.5. The number of benzene rings is 1. The number of rotatable bonds is 6. The standard InChI is InChI=1S/C18H16FN3O3S/c1-11(23)20-15-9-12(19)4-6-14(15)16-10-26-18(21-16)22-17(24)7-5-13-3-2-8-25-13/h2-4,6,8-10H,5,7H2,1H3,(H,20,23)(H,21,22,24). The van der Waals surface area contributed by atoms with Crippen LogP contribution in [-0.2, 0) is 16.0 Å². The molecule has 3 aromatic rings. The number of carbonyl (C=O) groups is 2. The van der Waals surface area contributed by atoms with Gasteiger partial charge in [0.1, 0.15) is 11.6 Å². The predicted molar refractivity (Wildman–Crippen MR) is 97.5 cm³/mol. The van der Waals surface area contributed by atoms with Gasteiger partial charge in [-0.05, 0) is 30.3 Å². The van der Waals surface area contributed by atoms with Crippen molar-refractivity contribution < 1.29 is 18.4 Å². The fourth-order valence-corrected chi connectivity index (χ4v) is 3.09. The van der Waals surface area contributed by atoms with Crippen LogP contribution in [0.3, 0.4) is 0 Å². The Bertz CT molecular complexity index is 922. The van der Waals surface area contributed by atoms with E-state index in [1.54, 1.807) is 17.7 Å².